The molecule has 0 aromatic rings. The number of unbranched alkanes of at least 4 members (excludes halogenated alkanes) is 3. The molecule has 194 valence electrons. The van der Waals surface area contributed by atoms with Gasteiger partial charge in [0.1, 0.15) is 0 Å². The first-order valence-electron chi connectivity index (χ1n) is 14.2. The zero-order valence-corrected chi connectivity index (χ0v) is 28.2. The van der Waals surface area contributed by atoms with E-state index in [1.807, 2.05) is 0 Å². The molecule has 4 heteroatoms. The molecule has 1 aliphatic heterocycles. The molecule has 0 radical (unpaired) electrons. The topological polar surface area (TPSA) is 21.8 Å². The Labute approximate surface area is 213 Å². The fraction of sp³-hybridized carbons (Fsp3) is 0.931. The van der Waals surface area contributed by atoms with Gasteiger partial charge in [-0.3, -0.25) is 0 Å². The monoisotopic (exact) mass is 586 g/mol. The molecule has 1 aliphatic carbocycles. The van der Waals surface area contributed by atoms with E-state index >= 15 is 0 Å². The van der Waals surface area contributed by atoms with E-state index in [4.69, 9.17) is 9.16 Å². The zero-order valence-electron chi connectivity index (χ0n) is 24.3. The Bertz CT molecular complexity index is 643. The number of hydrogen-bond donors (Lipinski definition) is 0. The normalized spacial score (nSPS) is 30.0. The van der Waals surface area contributed by atoms with Crippen molar-refractivity contribution >= 4 is 26.7 Å². The van der Waals surface area contributed by atoms with E-state index in [0.717, 1.165) is 12.8 Å². The van der Waals surface area contributed by atoms with Crippen LogP contribution in [0.3, 0.4) is 0 Å². The van der Waals surface area contributed by atoms with Crippen LogP contribution in [-0.2, 0) is 9.16 Å². The van der Waals surface area contributed by atoms with E-state index in [1.54, 1.807) is 0 Å². The van der Waals surface area contributed by atoms with Crippen LogP contribution in [0.5, 0.6) is 0 Å². The molecule has 2 nitrogen and oxygen atoms in total. The van der Waals surface area contributed by atoms with Gasteiger partial charge in [-0.05, 0) is 0 Å². The Morgan fingerprint density at radius 3 is 1.79 bits per heavy atom. The van der Waals surface area contributed by atoms with Crippen molar-refractivity contribution in [2.45, 2.75) is 162 Å². The minimum absolute atomic E-state index is 0.0594. The minimum atomic E-state index is -2.33. The molecular formula is C29H58O2SiSn. The summed E-state index contributed by atoms with van der Waals surface area (Å²) in [6.07, 6.45) is 13.4. The first kappa shape index (κ1) is 29.9. The molecule has 2 fully saturated rings. The molecular weight excluding hydrogens is 527 g/mol. The summed E-state index contributed by atoms with van der Waals surface area (Å²) in [6, 6.07) is 0. The van der Waals surface area contributed by atoms with Gasteiger partial charge in [0.25, 0.3) is 0 Å². The first-order chi connectivity index (χ1) is 15.1. The summed E-state index contributed by atoms with van der Waals surface area (Å²) in [7, 11) is -1.78. The standard InChI is InChI=1S/C17H31O2Si.3C4H9.Sn/c1-10-17-15(5,6)11-13(12-16(17,7)19-17)18-20(8,9)14(2,3)4;3*1-3-4-2;/h1,10,13H,11-12H2,2-9H3;3*1,3-4H2,2H3;/t13-,16+,17-;;;;/m0..../s1. The van der Waals surface area contributed by atoms with Crippen LogP contribution in [0.4, 0.5) is 0 Å². The van der Waals surface area contributed by atoms with Crippen molar-refractivity contribution in [1.29, 1.82) is 0 Å². The second kappa shape index (κ2) is 11.0. The maximum atomic E-state index is 6.94. The second-order valence-electron chi connectivity index (χ2n) is 13.9. The van der Waals surface area contributed by atoms with E-state index in [-0.39, 0.29) is 21.7 Å². The van der Waals surface area contributed by atoms with Crippen LogP contribution < -0.4 is 0 Å². The summed E-state index contributed by atoms with van der Waals surface area (Å²) in [6.45, 7) is 26.2. The number of rotatable bonds is 13. The average Bonchev–Trinajstić information content (AvgIpc) is 3.32. The van der Waals surface area contributed by atoms with Gasteiger partial charge in [-0.25, -0.2) is 0 Å². The number of fused-ring (bicyclic) bond motifs is 1. The summed E-state index contributed by atoms with van der Waals surface area (Å²) in [4.78, 5) is 0. The van der Waals surface area contributed by atoms with Gasteiger partial charge in [-0.1, -0.05) is 0 Å². The van der Waals surface area contributed by atoms with Crippen LogP contribution >= 0.6 is 0 Å². The molecule has 1 saturated heterocycles. The molecule has 1 saturated carbocycles. The van der Waals surface area contributed by atoms with Gasteiger partial charge in [-0.2, -0.15) is 0 Å². The fourth-order valence-corrected chi connectivity index (χ4v) is 21.9. The number of epoxide rings is 1. The molecule has 2 rings (SSSR count). The zero-order chi connectivity index (χ0) is 25.2. The summed E-state index contributed by atoms with van der Waals surface area (Å²) in [5.74, 6) is 0. The van der Waals surface area contributed by atoms with Crippen LogP contribution in [-0.4, -0.2) is 44.0 Å². The summed E-state index contributed by atoms with van der Waals surface area (Å²) < 4.78 is 21.2. The predicted molar refractivity (Wildman–Crippen MR) is 151 cm³/mol. The first-order valence-corrected chi connectivity index (χ1v) is 24.8. The van der Waals surface area contributed by atoms with Crippen molar-refractivity contribution in [3.05, 3.63) is 10.2 Å². The molecule has 0 aromatic carbocycles. The summed E-state index contributed by atoms with van der Waals surface area (Å²) in [5, 5.41) is 0.253. The number of ether oxygens (including phenoxy) is 1. The molecule has 3 atom stereocenters. The van der Waals surface area contributed by atoms with Crippen molar-refractivity contribution in [1.82, 2.24) is 0 Å². The predicted octanol–water partition coefficient (Wildman–Crippen LogP) is 9.67. The molecule has 1 heterocycles. The SMILES string of the molecule is CCC[CH2][Sn](/[CH]=C/[C@@]12O[C@]1(C)C[C@@H](O[Si](C)(C)C(C)(C)C)CC2(C)C)([CH2]CCC)[CH2]CCC. The molecule has 0 unspecified atom stereocenters. The second-order valence-corrected chi connectivity index (χ2v) is 31.6. The third-order valence-corrected chi connectivity index (χ3v) is 28.1. The van der Waals surface area contributed by atoms with Crippen molar-refractivity contribution < 1.29 is 9.16 Å². The quantitative estimate of drug-likeness (QED) is 0.159. The van der Waals surface area contributed by atoms with E-state index in [9.17, 15) is 0 Å². The summed E-state index contributed by atoms with van der Waals surface area (Å²) >= 11 is -2.33. The van der Waals surface area contributed by atoms with Crippen molar-refractivity contribution in [2.75, 3.05) is 0 Å². The van der Waals surface area contributed by atoms with Gasteiger partial charge in [0.05, 0.1) is 0 Å². The Morgan fingerprint density at radius 2 is 1.39 bits per heavy atom. The molecule has 0 aromatic heterocycles. The van der Waals surface area contributed by atoms with E-state index in [0.29, 0.717) is 6.10 Å². The Balaban J connectivity index is 2.28. The third-order valence-electron chi connectivity index (χ3n) is 9.51. The molecule has 33 heavy (non-hydrogen) atoms. The van der Waals surface area contributed by atoms with Crippen LogP contribution in [0.2, 0.25) is 31.4 Å². The maximum absolute atomic E-state index is 6.94. The van der Waals surface area contributed by atoms with Crippen LogP contribution in [0, 0.1) is 5.41 Å². The van der Waals surface area contributed by atoms with Gasteiger partial charge < -0.3 is 0 Å². The van der Waals surface area contributed by atoms with Crippen molar-refractivity contribution in [3.63, 3.8) is 0 Å². The average molecular weight is 586 g/mol. The third kappa shape index (κ3) is 6.52. The van der Waals surface area contributed by atoms with Gasteiger partial charge >= 0.3 is 214 Å². The molecule has 0 N–H and O–H groups in total. The van der Waals surface area contributed by atoms with Gasteiger partial charge in [-0.15, -0.1) is 0 Å². The van der Waals surface area contributed by atoms with E-state index in [1.165, 1.54) is 51.8 Å². The van der Waals surface area contributed by atoms with Gasteiger partial charge in [0.15, 0.2) is 0 Å². The number of hydrogen-bond acceptors (Lipinski definition) is 2. The van der Waals surface area contributed by atoms with Gasteiger partial charge in [0, 0.05) is 0 Å². The Hall–Kier alpha value is 0.676. The van der Waals surface area contributed by atoms with Crippen LogP contribution in [0.15, 0.2) is 10.2 Å². The fourth-order valence-electron chi connectivity index (χ4n) is 6.22. The van der Waals surface area contributed by atoms with Gasteiger partial charge in [0.2, 0.25) is 0 Å². The van der Waals surface area contributed by atoms with Crippen molar-refractivity contribution in [2.24, 2.45) is 5.41 Å². The Morgan fingerprint density at radius 1 is 0.909 bits per heavy atom. The molecule has 0 spiro atoms. The van der Waals surface area contributed by atoms with E-state index < -0.39 is 26.7 Å². The molecule has 0 bridgehead atoms. The van der Waals surface area contributed by atoms with Crippen molar-refractivity contribution in [3.8, 4) is 0 Å². The Kier molecular flexibility index (Phi) is 9.94. The van der Waals surface area contributed by atoms with Crippen LogP contribution in [0.1, 0.15) is 114 Å². The summed E-state index contributed by atoms with van der Waals surface area (Å²) in [5.41, 5.74) is -0.0301. The molecule has 2 aliphatic rings. The van der Waals surface area contributed by atoms with E-state index in [2.05, 4.69) is 85.6 Å². The molecule has 0 amide bonds. The van der Waals surface area contributed by atoms with Crippen LogP contribution in [0.25, 0.3) is 0 Å².